The minimum Gasteiger partial charge on any atom is -0.475 e. The minimum atomic E-state index is 0.444. The number of pyridine rings is 2. The molecule has 2 aromatic rings. The highest BCUT2D eigenvalue weighted by Crippen LogP contribution is 2.12. The maximum absolute atomic E-state index is 5.46. The van der Waals surface area contributed by atoms with E-state index in [9.17, 15) is 0 Å². The Bertz CT molecular complexity index is 608. The number of halogens is 2. The zero-order valence-corrected chi connectivity index (χ0v) is 18.0. The van der Waals surface area contributed by atoms with E-state index in [0.29, 0.717) is 64.6 Å². The van der Waals surface area contributed by atoms with Crippen LogP contribution in [-0.4, -0.2) is 62.8 Å². The summed E-state index contributed by atoms with van der Waals surface area (Å²) >= 11 is 6.58. The standard InChI is InChI=1S/C18H22Br2N2O5/c19-15-3-1-5-17(21-15)26-13-11-24-9-7-23-8-10-25-12-14-27-18-6-2-4-16(20)22-18/h1-6H,7-14H2. The Morgan fingerprint density at radius 3 is 1.30 bits per heavy atom. The van der Waals surface area contributed by atoms with Gasteiger partial charge < -0.3 is 23.7 Å². The lowest BCUT2D eigenvalue weighted by Crippen LogP contribution is -2.14. The van der Waals surface area contributed by atoms with Crippen molar-refractivity contribution in [1.82, 2.24) is 9.97 Å². The number of hydrogen-bond acceptors (Lipinski definition) is 7. The molecule has 148 valence electrons. The fourth-order valence-electron chi connectivity index (χ4n) is 1.89. The van der Waals surface area contributed by atoms with E-state index in [1.54, 1.807) is 12.1 Å². The molecule has 2 heterocycles. The smallest absolute Gasteiger partial charge is 0.214 e. The summed E-state index contributed by atoms with van der Waals surface area (Å²) < 4.78 is 28.7. The van der Waals surface area contributed by atoms with Crippen LogP contribution in [0.3, 0.4) is 0 Å². The number of aromatic nitrogens is 2. The quantitative estimate of drug-likeness (QED) is 0.287. The molecule has 0 atom stereocenters. The van der Waals surface area contributed by atoms with E-state index in [-0.39, 0.29) is 0 Å². The van der Waals surface area contributed by atoms with Crippen molar-refractivity contribution in [3.8, 4) is 11.8 Å². The Morgan fingerprint density at radius 2 is 0.926 bits per heavy atom. The summed E-state index contributed by atoms with van der Waals surface area (Å²) in [5.41, 5.74) is 0. The van der Waals surface area contributed by atoms with Crippen molar-refractivity contribution in [2.24, 2.45) is 0 Å². The molecule has 0 aliphatic rings. The summed E-state index contributed by atoms with van der Waals surface area (Å²) in [5.74, 6) is 1.14. The highest BCUT2D eigenvalue weighted by molar-refractivity contribution is 9.10. The molecule has 9 heteroatoms. The molecule has 0 N–H and O–H groups in total. The van der Waals surface area contributed by atoms with Crippen LogP contribution in [0.4, 0.5) is 0 Å². The number of hydrogen-bond donors (Lipinski definition) is 0. The Hall–Kier alpha value is -1.26. The van der Waals surface area contributed by atoms with Gasteiger partial charge in [-0.25, -0.2) is 9.97 Å². The van der Waals surface area contributed by atoms with Crippen molar-refractivity contribution < 1.29 is 23.7 Å². The minimum absolute atomic E-state index is 0.444. The number of nitrogens with zero attached hydrogens (tertiary/aromatic N) is 2. The third-order valence-electron chi connectivity index (χ3n) is 3.08. The summed E-state index contributed by atoms with van der Waals surface area (Å²) in [7, 11) is 0. The number of rotatable bonds is 14. The van der Waals surface area contributed by atoms with E-state index in [4.69, 9.17) is 23.7 Å². The predicted molar refractivity (Wildman–Crippen MR) is 107 cm³/mol. The van der Waals surface area contributed by atoms with Crippen LogP contribution < -0.4 is 9.47 Å². The molecule has 0 amide bonds. The van der Waals surface area contributed by atoms with E-state index >= 15 is 0 Å². The second-order valence-corrected chi connectivity index (χ2v) is 6.76. The van der Waals surface area contributed by atoms with Gasteiger partial charge in [0.05, 0.1) is 39.6 Å². The number of ether oxygens (including phenoxy) is 5. The Labute approximate surface area is 175 Å². The Balaban J connectivity index is 1.33. The van der Waals surface area contributed by atoms with Crippen molar-refractivity contribution >= 4 is 31.9 Å². The molecule has 0 radical (unpaired) electrons. The van der Waals surface area contributed by atoms with Gasteiger partial charge in [-0.1, -0.05) is 12.1 Å². The molecule has 0 aromatic carbocycles. The fourth-order valence-corrected chi connectivity index (χ4v) is 2.55. The molecule has 7 nitrogen and oxygen atoms in total. The van der Waals surface area contributed by atoms with Crippen molar-refractivity contribution in [1.29, 1.82) is 0 Å². The van der Waals surface area contributed by atoms with Gasteiger partial charge in [-0.05, 0) is 44.0 Å². The van der Waals surface area contributed by atoms with E-state index in [1.807, 2.05) is 24.3 Å². The maximum Gasteiger partial charge on any atom is 0.214 e. The zero-order chi connectivity index (χ0) is 19.2. The van der Waals surface area contributed by atoms with Crippen LogP contribution in [0.5, 0.6) is 11.8 Å². The first-order chi connectivity index (χ1) is 13.2. The van der Waals surface area contributed by atoms with Gasteiger partial charge in [0, 0.05) is 12.1 Å². The first kappa shape index (κ1) is 22.0. The molecule has 0 unspecified atom stereocenters. The summed E-state index contributed by atoms with van der Waals surface area (Å²) in [6.45, 7) is 3.89. The van der Waals surface area contributed by atoms with Gasteiger partial charge in [-0.2, -0.15) is 0 Å². The highest BCUT2D eigenvalue weighted by Gasteiger charge is 1.98. The molecule has 2 rings (SSSR count). The average molecular weight is 506 g/mol. The molecular weight excluding hydrogens is 484 g/mol. The normalized spacial score (nSPS) is 10.7. The van der Waals surface area contributed by atoms with Crippen molar-refractivity contribution in [2.75, 3.05) is 52.9 Å². The maximum atomic E-state index is 5.46. The average Bonchev–Trinajstić information content (AvgIpc) is 2.65. The molecule has 0 aliphatic heterocycles. The van der Waals surface area contributed by atoms with Crippen LogP contribution >= 0.6 is 31.9 Å². The van der Waals surface area contributed by atoms with Crippen molar-refractivity contribution in [3.05, 3.63) is 45.6 Å². The summed E-state index contributed by atoms with van der Waals surface area (Å²) in [6, 6.07) is 11.0. The molecule has 0 bridgehead atoms. The van der Waals surface area contributed by atoms with Crippen LogP contribution in [0.15, 0.2) is 45.6 Å². The van der Waals surface area contributed by atoms with E-state index in [1.165, 1.54) is 0 Å². The Morgan fingerprint density at radius 1 is 0.556 bits per heavy atom. The Kier molecular flexibility index (Phi) is 11.3. The van der Waals surface area contributed by atoms with Crippen molar-refractivity contribution in [2.45, 2.75) is 0 Å². The van der Waals surface area contributed by atoms with Gasteiger partial charge >= 0.3 is 0 Å². The molecular formula is C18H22Br2N2O5. The van der Waals surface area contributed by atoms with Gasteiger partial charge in [0.1, 0.15) is 22.4 Å². The van der Waals surface area contributed by atoms with E-state index in [2.05, 4.69) is 41.8 Å². The summed E-state index contributed by atoms with van der Waals surface area (Å²) in [5, 5.41) is 0. The van der Waals surface area contributed by atoms with Crippen LogP contribution in [0.25, 0.3) is 0 Å². The predicted octanol–water partition coefficient (Wildman–Crippen LogP) is 3.51. The first-order valence-corrected chi connectivity index (χ1v) is 10.1. The van der Waals surface area contributed by atoms with Crippen LogP contribution in [0.1, 0.15) is 0 Å². The molecule has 0 fully saturated rings. The molecule has 2 aromatic heterocycles. The van der Waals surface area contributed by atoms with Gasteiger partial charge in [-0.15, -0.1) is 0 Å². The van der Waals surface area contributed by atoms with Crippen LogP contribution in [0.2, 0.25) is 0 Å². The summed E-state index contributed by atoms with van der Waals surface area (Å²) in [4.78, 5) is 8.34. The lowest BCUT2D eigenvalue weighted by molar-refractivity contribution is 0.00458. The molecule has 0 saturated carbocycles. The SMILES string of the molecule is Brc1cccc(OCCOCCOCCOCCOc2cccc(Br)n2)n1. The molecule has 0 saturated heterocycles. The van der Waals surface area contributed by atoms with Gasteiger partial charge in [0.15, 0.2) is 0 Å². The van der Waals surface area contributed by atoms with Crippen molar-refractivity contribution in [3.63, 3.8) is 0 Å². The topological polar surface area (TPSA) is 71.9 Å². The molecule has 27 heavy (non-hydrogen) atoms. The lowest BCUT2D eigenvalue weighted by atomic mass is 10.5. The van der Waals surface area contributed by atoms with Gasteiger partial charge in [0.2, 0.25) is 11.8 Å². The second-order valence-electron chi connectivity index (χ2n) is 5.13. The second kappa shape index (κ2) is 13.8. The first-order valence-electron chi connectivity index (χ1n) is 8.48. The fraction of sp³-hybridized carbons (Fsp3) is 0.444. The molecule has 0 spiro atoms. The van der Waals surface area contributed by atoms with Crippen LogP contribution in [-0.2, 0) is 14.2 Å². The van der Waals surface area contributed by atoms with E-state index < -0.39 is 0 Å². The van der Waals surface area contributed by atoms with Gasteiger partial charge in [-0.3, -0.25) is 0 Å². The lowest BCUT2D eigenvalue weighted by Gasteiger charge is -2.08. The van der Waals surface area contributed by atoms with Gasteiger partial charge in [0.25, 0.3) is 0 Å². The highest BCUT2D eigenvalue weighted by atomic mass is 79.9. The largest absolute Gasteiger partial charge is 0.475 e. The zero-order valence-electron chi connectivity index (χ0n) is 14.8. The summed E-state index contributed by atoms with van der Waals surface area (Å²) in [6.07, 6.45) is 0. The molecule has 0 aliphatic carbocycles. The van der Waals surface area contributed by atoms with Crippen LogP contribution in [0, 0.1) is 0 Å². The third kappa shape index (κ3) is 10.6. The monoisotopic (exact) mass is 504 g/mol. The third-order valence-corrected chi connectivity index (χ3v) is 3.96. The van der Waals surface area contributed by atoms with E-state index in [0.717, 1.165) is 9.21 Å².